The smallest absolute Gasteiger partial charge is 0.230 e. The molecule has 1 aromatic heterocycles. The van der Waals surface area contributed by atoms with Crippen LogP contribution in [0.4, 0.5) is 0 Å². The number of benzene rings is 2. The minimum absolute atomic E-state index is 0.0149. The van der Waals surface area contributed by atoms with E-state index in [1.165, 1.54) is 11.8 Å². The first-order valence-corrected chi connectivity index (χ1v) is 10.3. The summed E-state index contributed by atoms with van der Waals surface area (Å²) in [5.41, 5.74) is 1.74. The van der Waals surface area contributed by atoms with E-state index in [0.717, 1.165) is 29.8 Å². The lowest BCUT2D eigenvalue weighted by molar-refractivity contribution is -0.118. The number of methoxy groups -OCH3 is 1. The summed E-state index contributed by atoms with van der Waals surface area (Å²) in [4.78, 5) is 12.1. The molecule has 1 fully saturated rings. The van der Waals surface area contributed by atoms with Crippen molar-refractivity contribution in [2.24, 2.45) is 0 Å². The molecule has 1 aliphatic carbocycles. The van der Waals surface area contributed by atoms with Crippen LogP contribution in [0.1, 0.15) is 12.8 Å². The van der Waals surface area contributed by atoms with Crippen LogP contribution in [0.5, 0.6) is 5.75 Å². The summed E-state index contributed by atoms with van der Waals surface area (Å²) in [6, 6.07) is 15.4. The van der Waals surface area contributed by atoms with Crippen molar-refractivity contribution >= 4 is 29.3 Å². The van der Waals surface area contributed by atoms with E-state index in [-0.39, 0.29) is 5.91 Å². The molecule has 0 aliphatic heterocycles. The van der Waals surface area contributed by atoms with Gasteiger partial charge in [-0.3, -0.25) is 9.36 Å². The van der Waals surface area contributed by atoms with Crippen LogP contribution in [0.15, 0.2) is 53.7 Å². The number of rotatable bonds is 7. The van der Waals surface area contributed by atoms with Gasteiger partial charge >= 0.3 is 0 Å². The highest BCUT2D eigenvalue weighted by atomic mass is 35.5. The third-order valence-corrected chi connectivity index (χ3v) is 5.50. The Balaban J connectivity index is 1.68. The summed E-state index contributed by atoms with van der Waals surface area (Å²) < 4.78 is 7.26. The molecule has 3 aromatic rings. The van der Waals surface area contributed by atoms with Gasteiger partial charge in [0.25, 0.3) is 0 Å². The van der Waals surface area contributed by atoms with Crippen molar-refractivity contribution in [3.05, 3.63) is 53.6 Å². The number of aromatic nitrogens is 3. The van der Waals surface area contributed by atoms with E-state index in [1.807, 2.05) is 53.1 Å². The molecule has 1 amide bonds. The lowest BCUT2D eigenvalue weighted by Crippen LogP contribution is -2.27. The zero-order chi connectivity index (χ0) is 19.5. The molecule has 1 saturated carbocycles. The second kappa shape index (κ2) is 8.24. The first kappa shape index (κ1) is 18.8. The Morgan fingerprint density at radius 1 is 1.25 bits per heavy atom. The normalized spacial score (nSPS) is 13.4. The van der Waals surface area contributed by atoms with Crippen LogP contribution in [0.3, 0.4) is 0 Å². The number of nitrogens with zero attached hydrogens (tertiary/aromatic N) is 3. The molecule has 1 aliphatic rings. The molecule has 1 heterocycles. The third kappa shape index (κ3) is 4.31. The number of halogens is 1. The van der Waals surface area contributed by atoms with Gasteiger partial charge in [-0.05, 0) is 49.2 Å². The van der Waals surface area contributed by atoms with Crippen LogP contribution in [0.25, 0.3) is 17.1 Å². The SMILES string of the molecule is COc1cccc(-c2nnc(SCC(=O)NC3CC3)n2-c2ccc(Cl)cc2)c1. The quantitative estimate of drug-likeness (QED) is 0.592. The summed E-state index contributed by atoms with van der Waals surface area (Å²) in [7, 11) is 1.63. The molecule has 4 rings (SSSR count). The molecule has 0 spiro atoms. The second-order valence-corrected chi connectivity index (χ2v) is 7.86. The fourth-order valence-electron chi connectivity index (χ4n) is 2.76. The summed E-state index contributed by atoms with van der Waals surface area (Å²) >= 11 is 7.41. The number of amides is 1. The molecule has 28 heavy (non-hydrogen) atoms. The van der Waals surface area contributed by atoms with Crippen LogP contribution < -0.4 is 10.1 Å². The Labute approximate surface area is 172 Å². The van der Waals surface area contributed by atoms with Crippen molar-refractivity contribution in [3.63, 3.8) is 0 Å². The summed E-state index contributed by atoms with van der Waals surface area (Å²) in [5.74, 6) is 1.72. The number of hydrogen-bond acceptors (Lipinski definition) is 5. The maximum Gasteiger partial charge on any atom is 0.230 e. The topological polar surface area (TPSA) is 69.0 Å². The van der Waals surface area contributed by atoms with Gasteiger partial charge in [0.2, 0.25) is 5.91 Å². The maximum atomic E-state index is 12.1. The average molecular weight is 415 g/mol. The zero-order valence-electron chi connectivity index (χ0n) is 15.3. The molecule has 144 valence electrons. The van der Waals surface area contributed by atoms with Gasteiger partial charge in [-0.25, -0.2) is 0 Å². The Morgan fingerprint density at radius 2 is 2.04 bits per heavy atom. The molecule has 8 heteroatoms. The number of carbonyl (C=O) groups is 1. The van der Waals surface area contributed by atoms with Crippen LogP contribution in [-0.2, 0) is 4.79 Å². The summed E-state index contributed by atoms with van der Waals surface area (Å²) in [6.07, 6.45) is 2.13. The Morgan fingerprint density at radius 3 is 2.75 bits per heavy atom. The predicted octanol–water partition coefficient (Wildman–Crippen LogP) is 3.97. The molecule has 0 atom stereocenters. The molecule has 1 N–H and O–H groups in total. The van der Waals surface area contributed by atoms with E-state index in [4.69, 9.17) is 16.3 Å². The lowest BCUT2D eigenvalue weighted by atomic mass is 10.2. The highest BCUT2D eigenvalue weighted by Gasteiger charge is 2.24. The van der Waals surface area contributed by atoms with Crippen molar-refractivity contribution in [2.45, 2.75) is 24.0 Å². The first-order chi connectivity index (χ1) is 13.6. The molecule has 0 radical (unpaired) electrons. The van der Waals surface area contributed by atoms with E-state index in [1.54, 1.807) is 7.11 Å². The van der Waals surface area contributed by atoms with E-state index >= 15 is 0 Å². The molecule has 0 saturated heterocycles. The molecule has 0 unspecified atom stereocenters. The lowest BCUT2D eigenvalue weighted by Gasteiger charge is -2.11. The Kier molecular flexibility index (Phi) is 5.54. The van der Waals surface area contributed by atoms with E-state index in [2.05, 4.69) is 15.5 Å². The van der Waals surface area contributed by atoms with Gasteiger partial charge in [0.1, 0.15) is 5.75 Å². The Bertz CT molecular complexity index is 986. The fraction of sp³-hybridized carbons (Fsp3) is 0.250. The standard InChI is InChI=1S/C20H19ClN4O2S/c1-27-17-4-2-3-13(11-17)19-23-24-20(28-12-18(26)22-15-7-8-15)25(19)16-9-5-14(21)6-10-16/h2-6,9-11,15H,7-8,12H2,1H3,(H,22,26). The number of hydrogen-bond donors (Lipinski definition) is 1. The van der Waals surface area contributed by atoms with E-state index < -0.39 is 0 Å². The van der Waals surface area contributed by atoms with Crippen molar-refractivity contribution in [1.82, 2.24) is 20.1 Å². The summed E-state index contributed by atoms with van der Waals surface area (Å²) in [6.45, 7) is 0. The van der Waals surface area contributed by atoms with Gasteiger partial charge in [-0.15, -0.1) is 10.2 Å². The van der Waals surface area contributed by atoms with Gasteiger partial charge in [0.15, 0.2) is 11.0 Å². The number of nitrogens with one attached hydrogen (secondary N) is 1. The van der Waals surface area contributed by atoms with Gasteiger partial charge in [-0.1, -0.05) is 35.5 Å². The van der Waals surface area contributed by atoms with Crippen LogP contribution in [0.2, 0.25) is 5.02 Å². The predicted molar refractivity (Wildman–Crippen MR) is 110 cm³/mol. The maximum absolute atomic E-state index is 12.1. The van der Waals surface area contributed by atoms with Crippen LogP contribution in [-0.4, -0.2) is 39.6 Å². The highest BCUT2D eigenvalue weighted by molar-refractivity contribution is 7.99. The first-order valence-electron chi connectivity index (χ1n) is 8.92. The second-order valence-electron chi connectivity index (χ2n) is 6.48. The van der Waals surface area contributed by atoms with Gasteiger partial charge < -0.3 is 10.1 Å². The summed E-state index contributed by atoms with van der Waals surface area (Å²) in [5, 5.41) is 13.0. The van der Waals surface area contributed by atoms with Crippen LogP contribution in [0, 0.1) is 0 Å². The molecular formula is C20H19ClN4O2S. The third-order valence-electron chi connectivity index (χ3n) is 4.32. The number of carbonyl (C=O) groups excluding carboxylic acids is 1. The van der Waals surface area contributed by atoms with Gasteiger partial charge in [0, 0.05) is 22.3 Å². The molecule has 6 nitrogen and oxygen atoms in total. The van der Waals surface area contributed by atoms with Crippen molar-refractivity contribution < 1.29 is 9.53 Å². The Hall–Kier alpha value is -2.51. The monoisotopic (exact) mass is 414 g/mol. The highest BCUT2D eigenvalue weighted by Crippen LogP contribution is 2.30. The van der Waals surface area contributed by atoms with Crippen LogP contribution >= 0.6 is 23.4 Å². The minimum atomic E-state index is 0.0149. The largest absolute Gasteiger partial charge is 0.497 e. The minimum Gasteiger partial charge on any atom is -0.497 e. The molecule has 2 aromatic carbocycles. The zero-order valence-corrected chi connectivity index (χ0v) is 16.8. The van der Waals surface area contributed by atoms with Crippen molar-refractivity contribution in [2.75, 3.05) is 12.9 Å². The molecular weight excluding hydrogens is 396 g/mol. The van der Waals surface area contributed by atoms with E-state index in [9.17, 15) is 4.79 Å². The van der Waals surface area contributed by atoms with Gasteiger partial charge in [0.05, 0.1) is 12.9 Å². The van der Waals surface area contributed by atoms with E-state index in [0.29, 0.717) is 27.8 Å². The average Bonchev–Trinajstić information content (AvgIpc) is 3.42. The number of thioether (sulfide) groups is 1. The van der Waals surface area contributed by atoms with Gasteiger partial charge in [-0.2, -0.15) is 0 Å². The van der Waals surface area contributed by atoms with Crippen molar-refractivity contribution in [3.8, 4) is 22.8 Å². The molecule has 0 bridgehead atoms. The van der Waals surface area contributed by atoms with Crippen molar-refractivity contribution in [1.29, 1.82) is 0 Å². The number of ether oxygens (including phenoxy) is 1. The fourth-order valence-corrected chi connectivity index (χ4v) is 3.65.